The molecule has 0 aromatic rings. The van der Waals surface area contributed by atoms with E-state index < -0.39 is 0 Å². The molecule has 0 N–H and O–H groups in total. The van der Waals surface area contributed by atoms with Crippen LogP contribution in [0.1, 0.15) is 32.1 Å². The molecule has 14 heavy (non-hydrogen) atoms. The van der Waals surface area contributed by atoms with Crippen LogP contribution in [0.25, 0.3) is 0 Å². The molecule has 0 aromatic heterocycles. The van der Waals surface area contributed by atoms with Gasteiger partial charge < -0.3 is 9.80 Å². The lowest BCUT2D eigenvalue weighted by molar-refractivity contribution is 0.137. The Hall–Kier alpha value is -0.0800. The number of hydrogen-bond acceptors (Lipinski definition) is 2. The molecule has 1 aliphatic rings. The second-order valence-electron chi connectivity index (χ2n) is 5.19. The van der Waals surface area contributed by atoms with E-state index in [9.17, 15) is 0 Å². The third-order valence-electron chi connectivity index (χ3n) is 3.41. The highest BCUT2D eigenvalue weighted by Crippen LogP contribution is 2.28. The molecular formula is C12H26N2. The van der Waals surface area contributed by atoms with Gasteiger partial charge in [-0.3, -0.25) is 0 Å². The van der Waals surface area contributed by atoms with Gasteiger partial charge in [0.1, 0.15) is 0 Å². The summed E-state index contributed by atoms with van der Waals surface area (Å²) in [7, 11) is 8.81. The molecule has 0 radical (unpaired) electrons. The predicted molar refractivity (Wildman–Crippen MR) is 62.6 cm³/mol. The number of nitrogens with zero attached hydrogens (tertiary/aromatic N) is 2. The van der Waals surface area contributed by atoms with E-state index in [1.54, 1.807) is 0 Å². The van der Waals surface area contributed by atoms with Crippen LogP contribution >= 0.6 is 0 Å². The summed E-state index contributed by atoms with van der Waals surface area (Å²) in [6, 6.07) is 0.755. The van der Waals surface area contributed by atoms with Crippen molar-refractivity contribution < 1.29 is 0 Å². The van der Waals surface area contributed by atoms with Gasteiger partial charge in [-0.05, 0) is 47.0 Å². The third-order valence-corrected chi connectivity index (χ3v) is 3.41. The molecule has 0 aliphatic heterocycles. The van der Waals surface area contributed by atoms with Crippen LogP contribution in [0, 0.1) is 5.92 Å². The smallest absolute Gasteiger partial charge is 0.0245 e. The van der Waals surface area contributed by atoms with E-state index in [0.29, 0.717) is 0 Å². The molecule has 2 heteroatoms. The van der Waals surface area contributed by atoms with Gasteiger partial charge in [-0.25, -0.2) is 0 Å². The van der Waals surface area contributed by atoms with E-state index in [0.717, 1.165) is 12.0 Å². The highest BCUT2D eigenvalue weighted by atomic mass is 15.2. The van der Waals surface area contributed by atoms with E-state index in [1.807, 2.05) is 0 Å². The fourth-order valence-corrected chi connectivity index (χ4v) is 2.63. The van der Waals surface area contributed by atoms with E-state index in [1.165, 1.54) is 38.6 Å². The first-order valence-corrected chi connectivity index (χ1v) is 5.92. The molecule has 0 amide bonds. The van der Waals surface area contributed by atoms with Crippen LogP contribution in [-0.4, -0.2) is 50.6 Å². The average molecular weight is 198 g/mol. The maximum atomic E-state index is 2.41. The average Bonchev–Trinajstić information content (AvgIpc) is 2.15. The first kappa shape index (κ1) is 12.0. The molecule has 1 unspecified atom stereocenters. The largest absolute Gasteiger partial charge is 0.308 e. The van der Waals surface area contributed by atoms with Crippen molar-refractivity contribution in [3.63, 3.8) is 0 Å². The van der Waals surface area contributed by atoms with Crippen LogP contribution < -0.4 is 0 Å². The van der Waals surface area contributed by atoms with Gasteiger partial charge in [-0.15, -0.1) is 0 Å². The van der Waals surface area contributed by atoms with Crippen LogP contribution in [0.3, 0.4) is 0 Å². The van der Waals surface area contributed by atoms with Gasteiger partial charge >= 0.3 is 0 Å². The first-order valence-electron chi connectivity index (χ1n) is 5.92. The van der Waals surface area contributed by atoms with E-state index in [4.69, 9.17) is 0 Å². The molecule has 0 saturated heterocycles. The molecule has 1 atom stereocenters. The Bertz CT molecular complexity index is 148. The minimum absolute atomic E-state index is 0.755. The Kier molecular flexibility index (Phi) is 4.90. The van der Waals surface area contributed by atoms with Gasteiger partial charge in [0.25, 0.3) is 0 Å². The van der Waals surface area contributed by atoms with Gasteiger partial charge in [0.05, 0.1) is 0 Å². The van der Waals surface area contributed by atoms with Crippen molar-refractivity contribution in [3.05, 3.63) is 0 Å². The lowest BCUT2D eigenvalue weighted by Crippen LogP contribution is -2.43. The minimum atomic E-state index is 0.755. The summed E-state index contributed by atoms with van der Waals surface area (Å²) in [5, 5.41) is 0. The fraction of sp³-hybridized carbons (Fsp3) is 1.00. The molecule has 1 aliphatic carbocycles. The SMILES string of the molecule is CN(C)CC(C1CCCCC1)N(C)C. The standard InChI is InChI=1S/C12H26N2/c1-13(2)10-12(14(3)4)11-8-6-5-7-9-11/h11-12H,5-10H2,1-4H3. The lowest BCUT2D eigenvalue weighted by Gasteiger charge is -2.36. The molecule has 0 aromatic carbocycles. The normalized spacial score (nSPS) is 21.9. The summed E-state index contributed by atoms with van der Waals surface area (Å²) in [6.07, 6.45) is 7.23. The second-order valence-corrected chi connectivity index (χ2v) is 5.19. The number of rotatable bonds is 4. The summed E-state index contributed by atoms with van der Waals surface area (Å²) in [5.74, 6) is 0.932. The van der Waals surface area contributed by atoms with E-state index >= 15 is 0 Å². The van der Waals surface area contributed by atoms with Crippen LogP contribution in [0.4, 0.5) is 0 Å². The van der Waals surface area contributed by atoms with Crippen molar-refractivity contribution in [3.8, 4) is 0 Å². The zero-order valence-electron chi connectivity index (χ0n) is 10.3. The monoisotopic (exact) mass is 198 g/mol. The Morgan fingerprint density at radius 2 is 1.57 bits per heavy atom. The quantitative estimate of drug-likeness (QED) is 0.682. The van der Waals surface area contributed by atoms with Gasteiger partial charge in [-0.1, -0.05) is 19.3 Å². The third kappa shape index (κ3) is 3.58. The molecular weight excluding hydrogens is 172 g/mol. The fourth-order valence-electron chi connectivity index (χ4n) is 2.63. The van der Waals surface area contributed by atoms with Crippen LogP contribution in [0.5, 0.6) is 0 Å². The Labute approximate surface area is 89.3 Å². The zero-order chi connectivity index (χ0) is 10.6. The summed E-state index contributed by atoms with van der Waals surface area (Å²) in [5.41, 5.74) is 0. The van der Waals surface area contributed by atoms with Gasteiger partial charge in [0.2, 0.25) is 0 Å². The minimum Gasteiger partial charge on any atom is -0.308 e. The van der Waals surface area contributed by atoms with Crippen molar-refractivity contribution in [2.75, 3.05) is 34.7 Å². The van der Waals surface area contributed by atoms with Crippen molar-refractivity contribution in [2.45, 2.75) is 38.1 Å². The maximum absolute atomic E-state index is 2.41. The highest BCUT2D eigenvalue weighted by molar-refractivity contribution is 4.80. The molecule has 0 bridgehead atoms. The molecule has 1 fully saturated rings. The van der Waals surface area contributed by atoms with Crippen LogP contribution in [0.2, 0.25) is 0 Å². The van der Waals surface area contributed by atoms with Crippen LogP contribution in [0.15, 0.2) is 0 Å². The molecule has 1 rings (SSSR count). The number of hydrogen-bond donors (Lipinski definition) is 0. The highest BCUT2D eigenvalue weighted by Gasteiger charge is 2.25. The Balaban J connectivity index is 2.47. The maximum Gasteiger partial charge on any atom is 0.0245 e. The summed E-state index contributed by atoms with van der Waals surface area (Å²) in [6.45, 7) is 1.21. The zero-order valence-corrected chi connectivity index (χ0v) is 10.3. The molecule has 0 heterocycles. The van der Waals surface area contributed by atoms with Gasteiger partial charge in [0.15, 0.2) is 0 Å². The summed E-state index contributed by atoms with van der Waals surface area (Å²) >= 11 is 0. The summed E-state index contributed by atoms with van der Waals surface area (Å²) < 4.78 is 0. The topological polar surface area (TPSA) is 6.48 Å². The molecule has 1 saturated carbocycles. The van der Waals surface area contributed by atoms with Crippen LogP contribution in [-0.2, 0) is 0 Å². The van der Waals surface area contributed by atoms with Crippen molar-refractivity contribution in [2.24, 2.45) is 5.92 Å². The summed E-state index contributed by atoms with van der Waals surface area (Å²) in [4.78, 5) is 4.73. The van der Waals surface area contributed by atoms with Gasteiger partial charge in [0, 0.05) is 12.6 Å². The molecule has 2 nitrogen and oxygen atoms in total. The van der Waals surface area contributed by atoms with Gasteiger partial charge in [-0.2, -0.15) is 0 Å². The van der Waals surface area contributed by atoms with Crippen molar-refractivity contribution in [1.82, 2.24) is 9.80 Å². The van der Waals surface area contributed by atoms with E-state index in [2.05, 4.69) is 38.0 Å². The van der Waals surface area contributed by atoms with Crippen molar-refractivity contribution in [1.29, 1.82) is 0 Å². The molecule has 0 spiro atoms. The number of likely N-dealkylation sites (N-methyl/N-ethyl adjacent to an activating group) is 2. The Morgan fingerprint density at radius 1 is 1.00 bits per heavy atom. The predicted octanol–water partition coefficient (Wildman–Crippen LogP) is 2.06. The van der Waals surface area contributed by atoms with E-state index in [-0.39, 0.29) is 0 Å². The Morgan fingerprint density at radius 3 is 2.00 bits per heavy atom. The molecule has 84 valence electrons. The lowest BCUT2D eigenvalue weighted by atomic mass is 9.83. The second kappa shape index (κ2) is 5.72. The van der Waals surface area contributed by atoms with Crippen molar-refractivity contribution >= 4 is 0 Å². The first-order chi connectivity index (χ1) is 6.61.